The number of hydrogen-bond donors (Lipinski definition) is 0. The van der Waals surface area contributed by atoms with Crippen LogP contribution in [-0.4, -0.2) is 18.0 Å². The van der Waals surface area contributed by atoms with E-state index in [-0.39, 0.29) is 26.9 Å². The van der Waals surface area contributed by atoms with Gasteiger partial charge in [0.05, 0.1) is 22.1 Å². The number of rotatable bonds is 3. The van der Waals surface area contributed by atoms with Crippen molar-refractivity contribution < 1.29 is 18.8 Å². The summed E-state index contributed by atoms with van der Waals surface area (Å²) in [5, 5.41) is 10.9. The van der Waals surface area contributed by atoms with E-state index in [1.807, 2.05) is 0 Å². The van der Waals surface area contributed by atoms with Gasteiger partial charge in [0, 0.05) is 17.7 Å². The molecule has 7 heteroatoms. The number of esters is 1. The van der Waals surface area contributed by atoms with Gasteiger partial charge < -0.3 is 4.74 Å². The molecule has 0 spiro atoms. The van der Waals surface area contributed by atoms with Gasteiger partial charge in [0.1, 0.15) is 5.82 Å². The molecule has 0 aliphatic heterocycles. The van der Waals surface area contributed by atoms with Crippen LogP contribution >= 0.6 is 15.9 Å². The van der Waals surface area contributed by atoms with Crippen molar-refractivity contribution in [2.24, 2.45) is 0 Å². The highest BCUT2D eigenvalue weighted by Crippen LogP contribution is 2.31. The van der Waals surface area contributed by atoms with Crippen LogP contribution in [0.2, 0.25) is 0 Å². The first-order valence-electron chi connectivity index (χ1n) is 5.76. The summed E-state index contributed by atoms with van der Waals surface area (Å²) in [6.45, 7) is 0. The number of halogens is 2. The van der Waals surface area contributed by atoms with Crippen LogP contribution in [0.25, 0.3) is 11.1 Å². The number of carbonyl (C=O) groups is 1. The zero-order valence-corrected chi connectivity index (χ0v) is 12.4. The fraction of sp³-hybridized carbons (Fsp3) is 0.0714. The predicted octanol–water partition coefficient (Wildman–Crippen LogP) is 3.95. The van der Waals surface area contributed by atoms with Gasteiger partial charge in [-0.15, -0.1) is 0 Å². The van der Waals surface area contributed by atoms with Crippen LogP contribution in [0.15, 0.2) is 40.9 Å². The Morgan fingerprint density at radius 3 is 2.67 bits per heavy atom. The van der Waals surface area contributed by atoms with Crippen molar-refractivity contribution in [2.45, 2.75) is 0 Å². The Bertz CT molecular complexity index is 733. The maximum Gasteiger partial charge on any atom is 0.338 e. The highest BCUT2D eigenvalue weighted by molar-refractivity contribution is 9.10. The SMILES string of the molecule is COC(=O)c1cc(-c2cccc(Br)c2F)cc([N+](=O)[O-])c1. The maximum atomic E-state index is 14.1. The maximum absolute atomic E-state index is 14.1. The Kier molecular flexibility index (Phi) is 4.32. The number of nitro benzene ring substituents is 1. The summed E-state index contributed by atoms with van der Waals surface area (Å²) in [6, 6.07) is 8.23. The molecule has 5 nitrogen and oxygen atoms in total. The minimum absolute atomic E-state index is 0.0129. The van der Waals surface area contributed by atoms with E-state index in [9.17, 15) is 19.3 Å². The number of methoxy groups -OCH3 is 1. The molecule has 0 fully saturated rings. The summed E-state index contributed by atoms with van der Waals surface area (Å²) in [5.41, 5.74) is 0.0509. The second kappa shape index (κ2) is 6.01. The molecule has 0 heterocycles. The quantitative estimate of drug-likeness (QED) is 0.475. The minimum Gasteiger partial charge on any atom is -0.465 e. The van der Waals surface area contributed by atoms with Gasteiger partial charge in [-0.3, -0.25) is 10.1 Å². The van der Waals surface area contributed by atoms with E-state index in [2.05, 4.69) is 20.7 Å². The van der Waals surface area contributed by atoms with Crippen LogP contribution in [0.4, 0.5) is 10.1 Å². The number of ether oxygens (including phenoxy) is 1. The molecular weight excluding hydrogens is 345 g/mol. The molecule has 0 aliphatic rings. The van der Waals surface area contributed by atoms with Gasteiger partial charge in [0.25, 0.3) is 5.69 Å². The molecule has 0 atom stereocenters. The van der Waals surface area contributed by atoms with Crippen molar-refractivity contribution >= 4 is 27.6 Å². The standard InChI is InChI=1S/C14H9BrFNO4/c1-21-14(18)9-5-8(6-10(7-9)17(19)20)11-3-2-4-12(15)13(11)16/h2-7H,1H3. The first-order chi connectivity index (χ1) is 9.93. The molecule has 0 saturated heterocycles. The van der Waals surface area contributed by atoms with Crippen LogP contribution in [0.1, 0.15) is 10.4 Å². The summed E-state index contributed by atoms with van der Waals surface area (Å²) < 4.78 is 18.9. The van der Waals surface area contributed by atoms with E-state index in [0.717, 1.165) is 6.07 Å². The molecule has 0 amide bonds. The fourth-order valence-electron chi connectivity index (χ4n) is 1.83. The first kappa shape index (κ1) is 15.1. The minimum atomic E-state index is -0.727. The molecule has 0 bridgehead atoms. The number of non-ortho nitro benzene ring substituents is 1. The predicted molar refractivity (Wildman–Crippen MR) is 77.5 cm³/mol. The highest BCUT2D eigenvalue weighted by Gasteiger charge is 2.18. The second-order valence-corrected chi connectivity index (χ2v) is 4.97. The molecule has 0 saturated carbocycles. The Morgan fingerprint density at radius 2 is 2.05 bits per heavy atom. The van der Waals surface area contributed by atoms with Gasteiger partial charge in [-0.05, 0) is 33.6 Å². The van der Waals surface area contributed by atoms with Crippen LogP contribution in [0, 0.1) is 15.9 Å². The first-order valence-corrected chi connectivity index (χ1v) is 6.55. The average Bonchev–Trinajstić information content (AvgIpc) is 2.48. The Morgan fingerprint density at radius 1 is 1.33 bits per heavy atom. The number of carbonyl (C=O) groups excluding carboxylic acids is 1. The molecule has 2 rings (SSSR count). The van der Waals surface area contributed by atoms with Crippen molar-refractivity contribution in [3.05, 3.63) is 62.4 Å². The van der Waals surface area contributed by atoms with Crippen molar-refractivity contribution in [1.82, 2.24) is 0 Å². The molecule has 0 unspecified atom stereocenters. The van der Waals surface area contributed by atoms with Crippen molar-refractivity contribution in [3.8, 4) is 11.1 Å². The van der Waals surface area contributed by atoms with Gasteiger partial charge >= 0.3 is 5.97 Å². The van der Waals surface area contributed by atoms with Crippen molar-refractivity contribution in [3.63, 3.8) is 0 Å². The summed E-state index contributed by atoms with van der Waals surface area (Å²) in [6.07, 6.45) is 0. The summed E-state index contributed by atoms with van der Waals surface area (Å²) in [4.78, 5) is 21.9. The molecule has 108 valence electrons. The number of nitrogens with zero attached hydrogens (tertiary/aromatic N) is 1. The summed E-state index contributed by atoms with van der Waals surface area (Å²) in [7, 11) is 1.17. The molecule has 21 heavy (non-hydrogen) atoms. The molecule has 0 N–H and O–H groups in total. The third-order valence-electron chi connectivity index (χ3n) is 2.81. The lowest BCUT2D eigenvalue weighted by atomic mass is 10.0. The van der Waals surface area contributed by atoms with Crippen LogP contribution in [-0.2, 0) is 4.74 Å². The van der Waals surface area contributed by atoms with Crippen LogP contribution in [0.5, 0.6) is 0 Å². The van der Waals surface area contributed by atoms with Crippen LogP contribution in [0.3, 0.4) is 0 Å². The molecular formula is C14H9BrFNO4. The number of benzene rings is 2. The zero-order valence-electron chi connectivity index (χ0n) is 10.8. The monoisotopic (exact) mass is 353 g/mol. The second-order valence-electron chi connectivity index (χ2n) is 4.12. The molecule has 2 aromatic rings. The smallest absolute Gasteiger partial charge is 0.338 e. The van der Waals surface area contributed by atoms with Crippen molar-refractivity contribution in [1.29, 1.82) is 0 Å². The third-order valence-corrected chi connectivity index (χ3v) is 3.42. The molecule has 0 aromatic heterocycles. The highest BCUT2D eigenvalue weighted by atomic mass is 79.9. The van der Waals surface area contributed by atoms with E-state index >= 15 is 0 Å². The average molecular weight is 354 g/mol. The van der Waals surface area contributed by atoms with Gasteiger partial charge in [-0.25, -0.2) is 9.18 Å². The zero-order chi connectivity index (χ0) is 15.6. The summed E-state index contributed by atoms with van der Waals surface area (Å²) >= 11 is 3.05. The number of nitro groups is 1. The van der Waals surface area contributed by atoms with E-state index in [1.165, 1.54) is 31.4 Å². The van der Waals surface area contributed by atoms with Crippen LogP contribution < -0.4 is 0 Å². The van der Waals surface area contributed by atoms with E-state index in [0.29, 0.717) is 0 Å². The van der Waals surface area contributed by atoms with Gasteiger partial charge in [-0.2, -0.15) is 0 Å². The Balaban J connectivity index is 2.68. The Hall–Kier alpha value is -2.28. The van der Waals surface area contributed by atoms with E-state index < -0.39 is 16.7 Å². The normalized spacial score (nSPS) is 10.2. The van der Waals surface area contributed by atoms with Gasteiger partial charge in [0.15, 0.2) is 0 Å². The lowest BCUT2D eigenvalue weighted by Gasteiger charge is -2.07. The van der Waals surface area contributed by atoms with Gasteiger partial charge in [-0.1, -0.05) is 12.1 Å². The molecule has 0 aliphatic carbocycles. The largest absolute Gasteiger partial charge is 0.465 e. The fourth-order valence-corrected chi connectivity index (χ4v) is 2.20. The summed E-state index contributed by atoms with van der Waals surface area (Å²) in [5.74, 6) is -1.29. The van der Waals surface area contributed by atoms with E-state index in [4.69, 9.17) is 0 Å². The topological polar surface area (TPSA) is 69.4 Å². The van der Waals surface area contributed by atoms with E-state index in [1.54, 1.807) is 6.07 Å². The lowest BCUT2D eigenvalue weighted by Crippen LogP contribution is -2.03. The third kappa shape index (κ3) is 3.08. The number of hydrogen-bond acceptors (Lipinski definition) is 4. The van der Waals surface area contributed by atoms with Crippen molar-refractivity contribution in [2.75, 3.05) is 7.11 Å². The van der Waals surface area contributed by atoms with Gasteiger partial charge in [0.2, 0.25) is 0 Å². The molecule has 0 radical (unpaired) electrons. The lowest BCUT2D eigenvalue weighted by molar-refractivity contribution is -0.384. The molecule has 2 aromatic carbocycles. The Labute approximate surface area is 127 Å².